The van der Waals surface area contributed by atoms with Gasteiger partial charge in [-0.1, -0.05) is 0 Å². The number of hydrogen-bond acceptors (Lipinski definition) is 5. The van der Waals surface area contributed by atoms with Gasteiger partial charge in [0.25, 0.3) is 0 Å². The SMILES string of the molecule is CCOC(=O)c1cc(C(=O)OCC)c(C=O)[nH]1. The van der Waals surface area contributed by atoms with Crippen LogP contribution in [0.3, 0.4) is 0 Å². The number of carbonyl (C=O) groups is 3. The van der Waals surface area contributed by atoms with Crippen LogP contribution >= 0.6 is 0 Å². The molecule has 1 heterocycles. The van der Waals surface area contributed by atoms with Crippen molar-refractivity contribution in [3.05, 3.63) is 23.0 Å². The quantitative estimate of drug-likeness (QED) is 0.616. The molecule has 0 saturated carbocycles. The minimum atomic E-state index is -0.651. The van der Waals surface area contributed by atoms with Crippen molar-refractivity contribution >= 4 is 18.2 Å². The highest BCUT2D eigenvalue weighted by Gasteiger charge is 2.19. The molecule has 0 fully saturated rings. The third-order valence-electron chi connectivity index (χ3n) is 1.96. The summed E-state index contributed by atoms with van der Waals surface area (Å²) in [5.41, 5.74) is 0.0911. The maximum atomic E-state index is 11.5. The van der Waals surface area contributed by atoms with Crippen molar-refractivity contribution in [3.63, 3.8) is 0 Å². The van der Waals surface area contributed by atoms with E-state index in [0.717, 1.165) is 0 Å². The van der Waals surface area contributed by atoms with E-state index in [4.69, 9.17) is 9.47 Å². The Morgan fingerprint density at radius 3 is 2.35 bits per heavy atom. The van der Waals surface area contributed by atoms with Crippen molar-refractivity contribution in [2.24, 2.45) is 0 Å². The molecule has 1 N–H and O–H groups in total. The first-order chi connectivity index (χ1) is 8.13. The van der Waals surface area contributed by atoms with Crippen LogP contribution in [0, 0.1) is 0 Å². The smallest absolute Gasteiger partial charge is 0.354 e. The number of aromatic amines is 1. The zero-order valence-electron chi connectivity index (χ0n) is 9.61. The first kappa shape index (κ1) is 13.0. The lowest BCUT2D eigenvalue weighted by Crippen LogP contribution is -2.06. The van der Waals surface area contributed by atoms with E-state index in [1.54, 1.807) is 13.8 Å². The van der Waals surface area contributed by atoms with Gasteiger partial charge in [0.15, 0.2) is 6.29 Å². The fraction of sp³-hybridized carbons (Fsp3) is 0.364. The summed E-state index contributed by atoms with van der Waals surface area (Å²) in [4.78, 5) is 36.1. The topological polar surface area (TPSA) is 85.5 Å². The summed E-state index contributed by atoms with van der Waals surface area (Å²) in [6.07, 6.45) is 0.453. The Balaban J connectivity index is 3.02. The maximum absolute atomic E-state index is 11.5. The number of aldehydes is 1. The molecule has 17 heavy (non-hydrogen) atoms. The van der Waals surface area contributed by atoms with Gasteiger partial charge < -0.3 is 14.5 Å². The third-order valence-corrected chi connectivity index (χ3v) is 1.96. The Bertz CT molecular complexity index is 435. The van der Waals surface area contributed by atoms with E-state index < -0.39 is 11.9 Å². The molecule has 6 nitrogen and oxygen atoms in total. The number of nitrogens with one attached hydrogen (secondary N) is 1. The minimum Gasteiger partial charge on any atom is -0.462 e. The molecule has 0 radical (unpaired) electrons. The maximum Gasteiger partial charge on any atom is 0.354 e. The average Bonchev–Trinajstić information content (AvgIpc) is 2.73. The second-order valence-corrected chi connectivity index (χ2v) is 3.07. The Morgan fingerprint density at radius 2 is 1.82 bits per heavy atom. The first-order valence-electron chi connectivity index (χ1n) is 5.16. The van der Waals surface area contributed by atoms with Crippen LogP contribution in [0.2, 0.25) is 0 Å². The van der Waals surface area contributed by atoms with Gasteiger partial charge in [0.05, 0.1) is 24.5 Å². The standard InChI is InChI=1S/C11H13NO5/c1-3-16-10(14)7-5-8(11(15)17-4-2)12-9(7)6-13/h5-6,12H,3-4H2,1-2H3. The summed E-state index contributed by atoms with van der Waals surface area (Å²) in [7, 11) is 0. The lowest BCUT2D eigenvalue weighted by atomic mass is 10.2. The van der Waals surface area contributed by atoms with Crippen molar-refractivity contribution in [1.82, 2.24) is 4.98 Å². The Kier molecular flexibility index (Phi) is 4.45. The molecular formula is C11H13NO5. The molecule has 0 aromatic carbocycles. The van der Waals surface area contributed by atoms with E-state index in [1.165, 1.54) is 6.07 Å². The van der Waals surface area contributed by atoms with Gasteiger partial charge in [0, 0.05) is 0 Å². The highest BCUT2D eigenvalue weighted by atomic mass is 16.5. The van der Waals surface area contributed by atoms with Crippen LogP contribution in [0.25, 0.3) is 0 Å². The average molecular weight is 239 g/mol. The van der Waals surface area contributed by atoms with Crippen molar-refractivity contribution < 1.29 is 23.9 Å². The molecule has 1 aromatic heterocycles. The summed E-state index contributed by atoms with van der Waals surface area (Å²) < 4.78 is 9.50. The molecule has 1 aromatic rings. The van der Waals surface area contributed by atoms with Crippen LogP contribution in [-0.4, -0.2) is 36.4 Å². The fourth-order valence-corrected chi connectivity index (χ4v) is 1.26. The van der Waals surface area contributed by atoms with E-state index in [1.807, 2.05) is 0 Å². The Labute approximate surface area is 97.9 Å². The number of aromatic nitrogens is 1. The molecule has 0 aliphatic heterocycles. The molecule has 0 aliphatic carbocycles. The first-order valence-corrected chi connectivity index (χ1v) is 5.16. The lowest BCUT2D eigenvalue weighted by Gasteiger charge is -1.98. The highest BCUT2D eigenvalue weighted by Crippen LogP contribution is 2.12. The molecule has 0 saturated heterocycles. The van der Waals surface area contributed by atoms with E-state index in [0.29, 0.717) is 6.29 Å². The highest BCUT2D eigenvalue weighted by molar-refractivity contribution is 6.01. The molecule has 0 bridgehead atoms. The van der Waals surface area contributed by atoms with E-state index in [2.05, 4.69) is 4.98 Å². The number of ether oxygens (including phenoxy) is 2. The number of hydrogen-bond donors (Lipinski definition) is 1. The monoisotopic (exact) mass is 239 g/mol. The normalized spacial score (nSPS) is 9.76. The van der Waals surface area contributed by atoms with Crippen LogP contribution in [-0.2, 0) is 9.47 Å². The van der Waals surface area contributed by atoms with Crippen LogP contribution in [0.4, 0.5) is 0 Å². The summed E-state index contributed by atoms with van der Waals surface area (Å²) >= 11 is 0. The van der Waals surface area contributed by atoms with Gasteiger partial charge in [-0.05, 0) is 19.9 Å². The zero-order chi connectivity index (χ0) is 12.8. The van der Waals surface area contributed by atoms with Crippen LogP contribution < -0.4 is 0 Å². The van der Waals surface area contributed by atoms with Gasteiger partial charge in [-0.15, -0.1) is 0 Å². The lowest BCUT2D eigenvalue weighted by molar-refractivity contribution is 0.0518. The number of H-pyrrole nitrogens is 1. The van der Waals surface area contributed by atoms with Gasteiger partial charge in [0.2, 0.25) is 0 Å². The molecular weight excluding hydrogens is 226 g/mol. The van der Waals surface area contributed by atoms with Gasteiger partial charge in [0.1, 0.15) is 5.69 Å². The molecule has 0 atom stereocenters. The molecule has 92 valence electrons. The summed E-state index contributed by atoms with van der Waals surface area (Å²) in [6, 6.07) is 1.25. The molecule has 6 heteroatoms. The van der Waals surface area contributed by atoms with E-state index >= 15 is 0 Å². The van der Waals surface area contributed by atoms with E-state index in [-0.39, 0.29) is 30.2 Å². The Hall–Kier alpha value is -2.11. The van der Waals surface area contributed by atoms with Gasteiger partial charge >= 0.3 is 11.9 Å². The summed E-state index contributed by atoms with van der Waals surface area (Å²) in [5, 5.41) is 0. The van der Waals surface area contributed by atoms with Crippen molar-refractivity contribution in [1.29, 1.82) is 0 Å². The second kappa shape index (κ2) is 5.83. The van der Waals surface area contributed by atoms with Crippen molar-refractivity contribution in [2.75, 3.05) is 13.2 Å². The molecule has 0 unspecified atom stereocenters. The van der Waals surface area contributed by atoms with E-state index in [9.17, 15) is 14.4 Å². The summed E-state index contributed by atoms with van der Waals surface area (Å²) in [6.45, 7) is 3.71. The predicted molar refractivity (Wildman–Crippen MR) is 58.1 cm³/mol. The Morgan fingerprint density at radius 1 is 1.24 bits per heavy atom. The number of esters is 2. The molecule has 1 rings (SSSR count). The third kappa shape index (κ3) is 2.93. The minimum absolute atomic E-state index is 0.00602. The van der Waals surface area contributed by atoms with Crippen LogP contribution in [0.1, 0.15) is 45.2 Å². The van der Waals surface area contributed by atoms with Gasteiger partial charge in [-0.2, -0.15) is 0 Å². The van der Waals surface area contributed by atoms with Gasteiger partial charge in [-0.25, -0.2) is 9.59 Å². The second-order valence-electron chi connectivity index (χ2n) is 3.07. The molecule has 0 spiro atoms. The zero-order valence-corrected chi connectivity index (χ0v) is 9.61. The van der Waals surface area contributed by atoms with Crippen molar-refractivity contribution in [2.45, 2.75) is 13.8 Å². The fourth-order valence-electron chi connectivity index (χ4n) is 1.26. The van der Waals surface area contributed by atoms with Gasteiger partial charge in [-0.3, -0.25) is 4.79 Å². The van der Waals surface area contributed by atoms with Crippen molar-refractivity contribution in [3.8, 4) is 0 Å². The molecule has 0 amide bonds. The van der Waals surface area contributed by atoms with Crippen LogP contribution in [0.5, 0.6) is 0 Å². The van der Waals surface area contributed by atoms with Crippen LogP contribution in [0.15, 0.2) is 6.07 Å². The molecule has 0 aliphatic rings. The largest absolute Gasteiger partial charge is 0.462 e. The summed E-state index contributed by atoms with van der Waals surface area (Å²) in [5.74, 6) is -1.27. The predicted octanol–water partition coefficient (Wildman–Crippen LogP) is 1.18. The number of carbonyl (C=O) groups excluding carboxylic acids is 3. The number of rotatable bonds is 5.